The van der Waals surface area contributed by atoms with Crippen molar-refractivity contribution in [3.8, 4) is 5.75 Å². The summed E-state index contributed by atoms with van der Waals surface area (Å²) in [6.07, 6.45) is -0.475. The van der Waals surface area contributed by atoms with Crippen LogP contribution in [0, 0.1) is 5.92 Å². The molecule has 1 saturated carbocycles. The predicted octanol–water partition coefficient (Wildman–Crippen LogP) is 3.51. The van der Waals surface area contributed by atoms with Crippen LogP contribution < -0.4 is 10.5 Å². The molecule has 1 aromatic rings. The van der Waals surface area contributed by atoms with Gasteiger partial charge in [0.1, 0.15) is 0 Å². The molecule has 0 radical (unpaired) electrons. The van der Waals surface area contributed by atoms with Crippen LogP contribution in [0.1, 0.15) is 36.0 Å². The fourth-order valence-electron chi connectivity index (χ4n) is 2.35. The van der Waals surface area contributed by atoms with E-state index in [1.807, 2.05) is 0 Å². The quantitative estimate of drug-likeness (QED) is 0.683. The molecule has 1 aliphatic rings. The highest BCUT2D eigenvalue weighted by molar-refractivity contribution is 5.91. The highest BCUT2D eigenvalue weighted by atomic mass is 19.4. The first-order valence-electron chi connectivity index (χ1n) is 6.67. The van der Waals surface area contributed by atoms with Gasteiger partial charge < -0.3 is 15.2 Å². The molecule has 0 spiro atoms. The van der Waals surface area contributed by atoms with Gasteiger partial charge in [-0.3, -0.25) is 0 Å². The van der Waals surface area contributed by atoms with Crippen molar-refractivity contribution in [3.63, 3.8) is 0 Å². The number of hydrogen-bond donors (Lipinski definition) is 1. The number of carbonyl (C=O) groups excluding carboxylic acids is 1. The SMILES string of the molecule is Nc1cc(C(=O)OCC2CCCC2)ccc1OC(F)(F)F. The summed E-state index contributed by atoms with van der Waals surface area (Å²) in [6, 6.07) is 3.33. The first-order chi connectivity index (χ1) is 9.85. The van der Waals surface area contributed by atoms with Gasteiger partial charge >= 0.3 is 12.3 Å². The van der Waals surface area contributed by atoms with Crippen LogP contribution in [0.3, 0.4) is 0 Å². The molecule has 21 heavy (non-hydrogen) atoms. The van der Waals surface area contributed by atoms with Gasteiger partial charge in [0.2, 0.25) is 0 Å². The van der Waals surface area contributed by atoms with E-state index in [0.717, 1.165) is 37.8 Å². The van der Waals surface area contributed by atoms with E-state index < -0.39 is 18.1 Å². The van der Waals surface area contributed by atoms with Crippen molar-refractivity contribution in [3.05, 3.63) is 23.8 Å². The van der Waals surface area contributed by atoms with Crippen molar-refractivity contribution in [1.29, 1.82) is 0 Å². The van der Waals surface area contributed by atoms with Crippen LogP contribution in [0.25, 0.3) is 0 Å². The maximum atomic E-state index is 12.1. The van der Waals surface area contributed by atoms with Crippen molar-refractivity contribution >= 4 is 11.7 Å². The van der Waals surface area contributed by atoms with E-state index in [9.17, 15) is 18.0 Å². The molecule has 2 rings (SSSR count). The van der Waals surface area contributed by atoms with Gasteiger partial charge in [0, 0.05) is 0 Å². The maximum Gasteiger partial charge on any atom is 0.573 e. The molecule has 0 aromatic heterocycles. The van der Waals surface area contributed by atoms with E-state index in [4.69, 9.17) is 10.5 Å². The molecule has 1 fully saturated rings. The molecule has 0 amide bonds. The Labute approximate surface area is 120 Å². The molecule has 2 N–H and O–H groups in total. The van der Waals surface area contributed by atoms with Crippen molar-refractivity contribution < 1.29 is 27.4 Å². The first kappa shape index (κ1) is 15.5. The summed E-state index contributed by atoms with van der Waals surface area (Å²) >= 11 is 0. The van der Waals surface area contributed by atoms with Gasteiger partial charge in [-0.2, -0.15) is 0 Å². The number of alkyl halides is 3. The average molecular weight is 303 g/mol. The third kappa shape index (κ3) is 4.54. The van der Waals surface area contributed by atoms with E-state index in [-0.39, 0.29) is 11.3 Å². The van der Waals surface area contributed by atoms with Crippen molar-refractivity contribution in [2.24, 2.45) is 5.92 Å². The molecule has 116 valence electrons. The Morgan fingerprint density at radius 1 is 1.29 bits per heavy atom. The minimum atomic E-state index is -4.82. The molecular formula is C14H16F3NO3. The van der Waals surface area contributed by atoms with E-state index in [1.54, 1.807) is 0 Å². The fourth-order valence-corrected chi connectivity index (χ4v) is 2.35. The molecule has 0 aliphatic heterocycles. The van der Waals surface area contributed by atoms with Crippen LogP contribution in [-0.2, 0) is 4.74 Å². The molecule has 1 aromatic carbocycles. The van der Waals surface area contributed by atoms with Crippen LogP contribution >= 0.6 is 0 Å². The zero-order chi connectivity index (χ0) is 15.5. The van der Waals surface area contributed by atoms with Gasteiger partial charge in [-0.1, -0.05) is 12.8 Å². The molecule has 4 nitrogen and oxygen atoms in total. The van der Waals surface area contributed by atoms with E-state index in [0.29, 0.717) is 12.5 Å². The minimum absolute atomic E-state index is 0.111. The number of rotatable bonds is 4. The Morgan fingerprint density at radius 3 is 2.52 bits per heavy atom. The summed E-state index contributed by atoms with van der Waals surface area (Å²) in [6.45, 7) is 0.333. The Hall–Kier alpha value is -1.92. The molecule has 0 heterocycles. The number of carbonyl (C=O) groups is 1. The van der Waals surface area contributed by atoms with Gasteiger partial charge in [-0.05, 0) is 37.0 Å². The standard InChI is InChI=1S/C14H16F3NO3/c15-14(16,17)21-12-6-5-10(7-11(12)18)13(19)20-8-9-3-1-2-4-9/h5-7,9H,1-4,8,18H2. The second-order valence-corrected chi connectivity index (χ2v) is 5.05. The van der Waals surface area contributed by atoms with Crippen LogP contribution in [0.15, 0.2) is 18.2 Å². The highest BCUT2D eigenvalue weighted by Gasteiger charge is 2.32. The van der Waals surface area contributed by atoms with Crippen LogP contribution in [0.5, 0.6) is 5.75 Å². The van der Waals surface area contributed by atoms with Gasteiger partial charge in [0.05, 0.1) is 17.9 Å². The second-order valence-electron chi connectivity index (χ2n) is 5.05. The molecular weight excluding hydrogens is 287 g/mol. The van der Waals surface area contributed by atoms with Crippen molar-refractivity contribution in [2.45, 2.75) is 32.0 Å². The van der Waals surface area contributed by atoms with Gasteiger partial charge in [-0.25, -0.2) is 4.79 Å². The fraction of sp³-hybridized carbons (Fsp3) is 0.500. The number of hydrogen-bond acceptors (Lipinski definition) is 4. The lowest BCUT2D eigenvalue weighted by Gasteiger charge is -2.13. The first-order valence-corrected chi connectivity index (χ1v) is 6.67. The number of benzene rings is 1. The Bertz CT molecular complexity index is 511. The summed E-state index contributed by atoms with van der Waals surface area (Å²) < 4.78 is 45.2. The average Bonchev–Trinajstić information content (AvgIpc) is 2.90. The summed E-state index contributed by atoms with van der Waals surface area (Å²) in [7, 11) is 0. The van der Waals surface area contributed by atoms with Crippen LogP contribution in [0.2, 0.25) is 0 Å². The number of esters is 1. The number of nitrogens with two attached hydrogens (primary N) is 1. The number of ether oxygens (including phenoxy) is 2. The zero-order valence-electron chi connectivity index (χ0n) is 11.3. The van der Waals surface area contributed by atoms with Crippen LogP contribution in [-0.4, -0.2) is 18.9 Å². The summed E-state index contributed by atoms with van der Waals surface area (Å²) in [5, 5.41) is 0. The number of halogens is 3. The summed E-state index contributed by atoms with van der Waals surface area (Å²) in [5.74, 6) is -0.749. The van der Waals surface area contributed by atoms with Crippen LogP contribution in [0.4, 0.5) is 18.9 Å². The lowest BCUT2D eigenvalue weighted by molar-refractivity contribution is -0.274. The summed E-state index contributed by atoms with van der Waals surface area (Å²) in [4.78, 5) is 11.8. The van der Waals surface area contributed by atoms with Gasteiger partial charge in [-0.15, -0.1) is 13.2 Å². The zero-order valence-corrected chi connectivity index (χ0v) is 11.3. The molecule has 0 atom stereocenters. The molecule has 1 aliphatic carbocycles. The maximum absolute atomic E-state index is 12.1. The number of anilines is 1. The highest BCUT2D eigenvalue weighted by Crippen LogP contribution is 2.29. The topological polar surface area (TPSA) is 61.6 Å². The Balaban J connectivity index is 1.96. The van der Waals surface area contributed by atoms with Gasteiger partial charge in [0.15, 0.2) is 5.75 Å². The van der Waals surface area contributed by atoms with Crippen molar-refractivity contribution in [2.75, 3.05) is 12.3 Å². The largest absolute Gasteiger partial charge is 0.573 e. The number of nitrogen functional groups attached to an aromatic ring is 1. The molecule has 0 unspecified atom stereocenters. The van der Waals surface area contributed by atoms with Gasteiger partial charge in [0.25, 0.3) is 0 Å². The third-order valence-corrected chi connectivity index (χ3v) is 3.40. The van der Waals surface area contributed by atoms with Crippen molar-refractivity contribution in [1.82, 2.24) is 0 Å². The summed E-state index contributed by atoms with van der Waals surface area (Å²) in [5.41, 5.74) is 5.30. The molecule has 0 saturated heterocycles. The van der Waals surface area contributed by atoms with E-state index in [1.165, 1.54) is 6.07 Å². The monoisotopic (exact) mass is 303 g/mol. The Morgan fingerprint density at radius 2 is 1.95 bits per heavy atom. The molecule has 7 heteroatoms. The Kier molecular flexibility index (Phi) is 4.59. The minimum Gasteiger partial charge on any atom is -0.462 e. The predicted molar refractivity (Wildman–Crippen MR) is 69.8 cm³/mol. The van der Waals surface area contributed by atoms with E-state index in [2.05, 4.69) is 4.74 Å². The smallest absolute Gasteiger partial charge is 0.462 e. The normalized spacial score (nSPS) is 16.0. The third-order valence-electron chi connectivity index (χ3n) is 3.40. The lowest BCUT2D eigenvalue weighted by atomic mass is 10.1. The van der Waals surface area contributed by atoms with E-state index >= 15 is 0 Å². The second kappa shape index (κ2) is 6.24. The lowest BCUT2D eigenvalue weighted by Crippen LogP contribution is -2.18. The molecule has 0 bridgehead atoms.